The molecule has 2 heterocycles. The Morgan fingerprint density at radius 1 is 1.18 bits per heavy atom. The Bertz CT molecular complexity index is 1100. The molecule has 0 unspecified atom stereocenters. The quantitative estimate of drug-likeness (QED) is 0.278. The van der Waals surface area contributed by atoms with Gasteiger partial charge in [-0.1, -0.05) is 35.6 Å². The maximum absolute atomic E-state index is 11.7. The minimum atomic E-state index is -0.331. The standard InChI is InChI=1S/C21H17N3O3S/c1-2-26-20(25)15-9-7-14(8-10-15)18-12-11-16(27-18)13-22-24-21-23-17-5-3-4-6-19(17)28-21/h3-13H,2H2,1H3,(H,23,24)/b22-13+. The van der Waals surface area contributed by atoms with Crippen LogP contribution in [0, 0.1) is 0 Å². The molecule has 0 amide bonds. The van der Waals surface area contributed by atoms with Crippen LogP contribution in [0.1, 0.15) is 23.0 Å². The van der Waals surface area contributed by atoms with Gasteiger partial charge in [0.2, 0.25) is 5.13 Å². The average Bonchev–Trinajstić information content (AvgIpc) is 3.35. The summed E-state index contributed by atoms with van der Waals surface area (Å²) in [6.45, 7) is 2.14. The molecule has 1 N–H and O–H groups in total. The number of nitrogens with zero attached hydrogens (tertiary/aromatic N) is 2. The third-order valence-corrected chi connectivity index (χ3v) is 4.89. The predicted octanol–water partition coefficient (Wildman–Crippen LogP) is 5.18. The molecule has 4 rings (SSSR count). The van der Waals surface area contributed by atoms with E-state index in [9.17, 15) is 4.79 Å². The van der Waals surface area contributed by atoms with Gasteiger partial charge in [-0.05, 0) is 43.3 Å². The molecule has 0 bridgehead atoms. The molecule has 0 fully saturated rings. The first kappa shape index (κ1) is 17.9. The van der Waals surface area contributed by atoms with Gasteiger partial charge in [-0.3, -0.25) is 5.43 Å². The van der Waals surface area contributed by atoms with Crippen molar-refractivity contribution in [2.24, 2.45) is 5.10 Å². The Morgan fingerprint density at radius 2 is 2.00 bits per heavy atom. The molecule has 0 saturated carbocycles. The van der Waals surface area contributed by atoms with Crippen LogP contribution < -0.4 is 5.43 Å². The Balaban J connectivity index is 1.42. The van der Waals surface area contributed by atoms with Crippen molar-refractivity contribution in [2.45, 2.75) is 6.92 Å². The number of ether oxygens (including phenoxy) is 1. The first-order valence-electron chi connectivity index (χ1n) is 8.75. The maximum Gasteiger partial charge on any atom is 0.338 e. The molecule has 140 valence electrons. The number of esters is 1. The van der Waals surface area contributed by atoms with Gasteiger partial charge in [0.15, 0.2) is 0 Å². The second-order valence-corrected chi connectivity index (χ2v) is 6.89. The third-order valence-electron chi connectivity index (χ3n) is 3.95. The zero-order chi connectivity index (χ0) is 19.3. The molecule has 0 saturated heterocycles. The summed E-state index contributed by atoms with van der Waals surface area (Å²) in [7, 11) is 0. The van der Waals surface area contributed by atoms with Crippen LogP contribution in [0.25, 0.3) is 21.5 Å². The summed E-state index contributed by atoms with van der Waals surface area (Å²) in [5, 5.41) is 4.91. The van der Waals surface area contributed by atoms with Crippen molar-refractivity contribution in [3.8, 4) is 11.3 Å². The van der Waals surface area contributed by atoms with Gasteiger partial charge in [0.05, 0.1) is 28.6 Å². The summed E-state index contributed by atoms with van der Waals surface area (Å²) in [4.78, 5) is 16.2. The molecule has 6 nitrogen and oxygen atoms in total. The van der Waals surface area contributed by atoms with Gasteiger partial charge in [-0.25, -0.2) is 9.78 Å². The molecule has 0 aliphatic heterocycles. The Morgan fingerprint density at radius 3 is 2.79 bits per heavy atom. The van der Waals surface area contributed by atoms with E-state index in [1.54, 1.807) is 25.3 Å². The normalized spacial score (nSPS) is 11.2. The van der Waals surface area contributed by atoms with Crippen molar-refractivity contribution in [1.29, 1.82) is 0 Å². The van der Waals surface area contributed by atoms with E-state index >= 15 is 0 Å². The van der Waals surface area contributed by atoms with Crippen molar-refractivity contribution in [2.75, 3.05) is 12.0 Å². The lowest BCUT2D eigenvalue weighted by molar-refractivity contribution is 0.0526. The number of hydrogen-bond acceptors (Lipinski definition) is 7. The van der Waals surface area contributed by atoms with Crippen molar-refractivity contribution in [3.05, 3.63) is 72.0 Å². The van der Waals surface area contributed by atoms with Crippen molar-refractivity contribution >= 4 is 38.9 Å². The van der Waals surface area contributed by atoms with E-state index in [4.69, 9.17) is 9.15 Å². The van der Waals surface area contributed by atoms with Crippen molar-refractivity contribution in [3.63, 3.8) is 0 Å². The molecule has 4 aromatic rings. The number of fused-ring (bicyclic) bond motifs is 1. The number of carbonyl (C=O) groups is 1. The van der Waals surface area contributed by atoms with Crippen LogP contribution in [0.2, 0.25) is 0 Å². The fourth-order valence-corrected chi connectivity index (χ4v) is 3.45. The molecular weight excluding hydrogens is 374 g/mol. The SMILES string of the molecule is CCOC(=O)c1ccc(-c2ccc(/C=N/Nc3nc4ccccc4s3)o2)cc1. The van der Waals surface area contributed by atoms with E-state index in [1.807, 2.05) is 48.5 Å². The number of thiazole rings is 1. The van der Waals surface area contributed by atoms with Crippen LogP contribution in [-0.4, -0.2) is 23.8 Å². The lowest BCUT2D eigenvalue weighted by Crippen LogP contribution is -2.03. The summed E-state index contributed by atoms with van der Waals surface area (Å²) in [6.07, 6.45) is 1.60. The number of carbonyl (C=O) groups excluding carboxylic acids is 1. The van der Waals surface area contributed by atoms with Crippen LogP contribution in [0.5, 0.6) is 0 Å². The van der Waals surface area contributed by atoms with E-state index in [0.717, 1.165) is 20.9 Å². The van der Waals surface area contributed by atoms with Gasteiger partial charge in [0, 0.05) is 5.56 Å². The summed E-state index contributed by atoms with van der Waals surface area (Å²) < 4.78 is 11.9. The number of hydrazone groups is 1. The molecule has 2 aromatic carbocycles. The monoisotopic (exact) mass is 391 g/mol. The topological polar surface area (TPSA) is 76.7 Å². The molecule has 28 heavy (non-hydrogen) atoms. The van der Waals surface area contributed by atoms with E-state index < -0.39 is 0 Å². The average molecular weight is 391 g/mol. The number of anilines is 1. The van der Waals surface area contributed by atoms with E-state index in [-0.39, 0.29) is 5.97 Å². The third kappa shape index (κ3) is 3.94. The predicted molar refractivity (Wildman–Crippen MR) is 111 cm³/mol. The number of hydrogen-bond donors (Lipinski definition) is 1. The summed E-state index contributed by atoms with van der Waals surface area (Å²) >= 11 is 1.54. The van der Waals surface area contributed by atoms with Crippen LogP contribution in [-0.2, 0) is 4.74 Å². The fraction of sp³-hybridized carbons (Fsp3) is 0.0952. The zero-order valence-corrected chi connectivity index (χ0v) is 15.9. The van der Waals surface area contributed by atoms with Crippen molar-refractivity contribution in [1.82, 2.24) is 4.98 Å². The highest BCUT2D eigenvalue weighted by Gasteiger charge is 2.08. The highest BCUT2D eigenvalue weighted by molar-refractivity contribution is 7.22. The van der Waals surface area contributed by atoms with E-state index in [0.29, 0.717) is 23.7 Å². The van der Waals surface area contributed by atoms with Crippen LogP contribution in [0.15, 0.2) is 70.2 Å². The molecule has 0 atom stereocenters. The molecule has 7 heteroatoms. The number of furan rings is 1. The van der Waals surface area contributed by atoms with Gasteiger partial charge in [-0.2, -0.15) is 5.10 Å². The summed E-state index contributed by atoms with van der Waals surface area (Å²) in [6, 6.07) is 18.7. The highest BCUT2D eigenvalue weighted by atomic mass is 32.1. The minimum Gasteiger partial charge on any atom is -0.462 e. The lowest BCUT2D eigenvalue weighted by atomic mass is 10.1. The Kier molecular flexibility index (Phi) is 5.16. The smallest absolute Gasteiger partial charge is 0.338 e. The minimum absolute atomic E-state index is 0.331. The summed E-state index contributed by atoms with van der Waals surface area (Å²) in [5.41, 5.74) is 5.25. The second kappa shape index (κ2) is 8.06. The molecule has 0 radical (unpaired) electrons. The van der Waals surface area contributed by atoms with Crippen molar-refractivity contribution < 1.29 is 13.9 Å². The van der Waals surface area contributed by atoms with Gasteiger partial charge in [-0.15, -0.1) is 0 Å². The fourth-order valence-electron chi connectivity index (χ4n) is 2.63. The molecule has 0 aliphatic carbocycles. The second-order valence-electron chi connectivity index (χ2n) is 5.86. The first-order chi connectivity index (χ1) is 13.7. The van der Waals surface area contributed by atoms with Crippen LogP contribution in [0.3, 0.4) is 0 Å². The summed E-state index contributed by atoms with van der Waals surface area (Å²) in [5.74, 6) is 0.970. The van der Waals surface area contributed by atoms with Gasteiger partial charge in [0.1, 0.15) is 11.5 Å². The largest absolute Gasteiger partial charge is 0.462 e. The van der Waals surface area contributed by atoms with Gasteiger partial charge < -0.3 is 9.15 Å². The van der Waals surface area contributed by atoms with Crippen LogP contribution >= 0.6 is 11.3 Å². The van der Waals surface area contributed by atoms with E-state index in [1.165, 1.54) is 11.3 Å². The zero-order valence-electron chi connectivity index (χ0n) is 15.1. The van der Waals surface area contributed by atoms with Gasteiger partial charge in [0.25, 0.3) is 0 Å². The van der Waals surface area contributed by atoms with Crippen LogP contribution in [0.4, 0.5) is 5.13 Å². The molecule has 0 aliphatic rings. The Hall–Kier alpha value is -3.45. The number of nitrogens with one attached hydrogen (secondary N) is 1. The number of aromatic nitrogens is 1. The Labute approximate surface area is 165 Å². The molecular formula is C21H17N3O3S. The molecule has 2 aromatic heterocycles. The lowest BCUT2D eigenvalue weighted by Gasteiger charge is -2.02. The number of rotatable bonds is 6. The first-order valence-corrected chi connectivity index (χ1v) is 9.56. The molecule has 0 spiro atoms. The maximum atomic E-state index is 11.7. The number of benzene rings is 2. The van der Waals surface area contributed by atoms with E-state index in [2.05, 4.69) is 15.5 Å². The highest BCUT2D eigenvalue weighted by Crippen LogP contribution is 2.25. The number of para-hydroxylation sites is 1. The van der Waals surface area contributed by atoms with Gasteiger partial charge >= 0.3 is 5.97 Å².